The van der Waals surface area contributed by atoms with Crippen molar-refractivity contribution in [2.75, 3.05) is 13.2 Å². The average Bonchev–Trinajstić information content (AvgIpc) is 2.82. The molecule has 0 heterocycles. The Labute approximate surface area is 183 Å². The van der Waals surface area contributed by atoms with Crippen molar-refractivity contribution in [3.63, 3.8) is 0 Å². The van der Waals surface area contributed by atoms with Gasteiger partial charge in [-0.25, -0.2) is 0 Å². The summed E-state index contributed by atoms with van der Waals surface area (Å²) < 4.78 is 0. The SMILES string of the molecule is OCCO.c1ccc(Pc2ccccc2)cc1.c1ccc(Pc2ccccc2)cc1. The Bertz CT molecular complexity index is 749. The Kier molecular flexibility index (Phi) is 12.4. The molecule has 0 saturated heterocycles. The molecule has 4 heteroatoms. The molecule has 154 valence electrons. The quantitative estimate of drug-likeness (QED) is 0.472. The van der Waals surface area contributed by atoms with E-state index in [9.17, 15) is 0 Å². The van der Waals surface area contributed by atoms with E-state index >= 15 is 0 Å². The Morgan fingerprint density at radius 2 is 0.567 bits per heavy atom. The van der Waals surface area contributed by atoms with Gasteiger partial charge in [-0.05, 0) is 21.2 Å². The molecule has 0 amide bonds. The molecule has 0 bridgehead atoms. The van der Waals surface area contributed by atoms with E-state index in [-0.39, 0.29) is 13.2 Å². The number of benzene rings is 4. The van der Waals surface area contributed by atoms with Gasteiger partial charge in [0.25, 0.3) is 0 Å². The molecule has 4 aromatic rings. The van der Waals surface area contributed by atoms with Crippen LogP contribution < -0.4 is 21.2 Å². The van der Waals surface area contributed by atoms with Gasteiger partial charge < -0.3 is 10.2 Å². The molecule has 2 N–H and O–H groups in total. The first-order valence-electron chi connectivity index (χ1n) is 9.78. The summed E-state index contributed by atoms with van der Waals surface area (Å²) in [6.07, 6.45) is 0. The van der Waals surface area contributed by atoms with Gasteiger partial charge in [-0.1, -0.05) is 138 Å². The highest BCUT2D eigenvalue weighted by molar-refractivity contribution is 7.55. The van der Waals surface area contributed by atoms with Gasteiger partial charge in [0.05, 0.1) is 13.2 Å². The highest BCUT2D eigenvalue weighted by Gasteiger charge is 1.93. The first-order valence-corrected chi connectivity index (χ1v) is 11.8. The lowest BCUT2D eigenvalue weighted by Gasteiger charge is -2.00. The van der Waals surface area contributed by atoms with E-state index in [2.05, 4.69) is 121 Å². The van der Waals surface area contributed by atoms with Crippen LogP contribution in [0, 0.1) is 0 Å². The van der Waals surface area contributed by atoms with Gasteiger partial charge in [0.1, 0.15) is 0 Å². The lowest BCUT2D eigenvalue weighted by Crippen LogP contribution is -2.01. The molecule has 2 nitrogen and oxygen atoms in total. The zero-order valence-electron chi connectivity index (χ0n) is 16.9. The van der Waals surface area contributed by atoms with E-state index in [1.807, 2.05) is 0 Å². The van der Waals surface area contributed by atoms with E-state index in [0.717, 1.165) is 17.2 Å². The minimum atomic E-state index is -0.125. The molecule has 0 unspecified atom stereocenters. The molecule has 30 heavy (non-hydrogen) atoms. The van der Waals surface area contributed by atoms with Crippen molar-refractivity contribution in [2.24, 2.45) is 0 Å². The van der Waals surface area contributed by atoms with Crippen LogP contribution in [0.25, 0.3) is 0 Å². The fourth-order valence-corrected chi connectivity index (χ4v) is 4.52. The largest absolute Gasteiger partial charge is 0.394 e. The van der Waals surface area contributed by atoms with Crippen LogP contribution >= 0.6 is 17.2 Å². The summed E-state index contributed by atoms with van der Waals surface area (Å²) in [4.78, 5) is 0. The maximum Gasteiger partial charge on any atom is 0.0662 e. The summed E-state index contributed by atoms with van der Waals surface area (Å²) >= 11 is 0. The zero-order valence-corrected chi connectivity index (χ0v) is 18.9. The zero-order chi connectivity index (χ0) is 21.3. The van der Waals surface area contributed by atoms with Crippen molar-refractivity contribution >= 4 is 38.4 Å². The maximum atomic E-state index is 7.62. The number of hydrogen-bond acceptors (Lipinski definition) is 2. The van der Waals surface area contributed by atoms with Crippen LogP contribution in [0.4, 0.5) is 0 Å². The Morgan fingerprint density at radius 1 is 0.367 bits per heavy atom. The molecule has 0 fully saturated rings. The fourth-order valence-electron chi connectivity index (χ4n) is 2.42. The number of rotatable bonds is 5. The van der Waals surface area contributed by atoms with Crippen LogP contribution in [0.5, 0.6) is 0 Å². The predicted molar refractivity (Wildman–Crippen MR) is 135 cm³/mol. The standard InChI is InChI=1S/2C12H11P.C2H6O2/c2*1-3-7-11(8-4-1)13-12-9-5-2-6-10-12;3-1-2-4/h2*1-10,13H;3-4H,1-2H2. The monoisotopic (exact) mass is 434 g/mol. The van der Waals surface area contributed by atoms with Gasteiger partial charge in [0.15, 0.2) is 0 Å². The van der Waals surface area contributed by atoms with E-state index in [0.29, 0.717) is 0 Å². The smallest absolute Gasteiger partial charge is 0.0662 e. The Hall–Kier alpha value is -2.34. The van der Waals surface area contributed by atoms with Crippen molar-refractivity contribution in [1.82, 2.24) is 0 Å². The first kappa shape index (κ1) is 23.9. The lowest BCUT2D eigenvalue weighted by atomic mass is 10.4. The van der Waals surface area contributed by atoms with Gasteiger partial charge in [-0.15, -0.1) is 0 Å². The van der Waals surface area contributed by atoms with Gasteiger partial charge in [-0.3, -0.25) is 0 Å². The van der Waals surface area contributed by atoms with Crippen molar-refractivity contribution in [1.29, 1.82) is 0 Å². The van der Waals surface area contributed by atoms with E-state index in [4.69, 9.17) is 10.2 Å². The third-order valence-electron chi connectivity index (χ3n) is 3.77. The minimum absolute atomic E-state index is 0.125. The molecule has 0 aromatic heterocycles. The summed E-state index contributed by atoms with van der Waals surface area (Å²) in [5.74, 6) is 0. The van der Waals surface area contributed by atoms with Crippen molar-refractivity contribution in [2.45, 2.75) is 0 Å². The number of aliphatic hydroxyl groups is 2. The molecule has 0 aliphatic heterocycles. The van der Waals surface area contributed by atoms with Gasteiger partial charge in [0, 0.05) is 0 Å². The van der Waals surface area contributed by atoms with Crippen LogP contribution in [0.15, 0.2) is 121 Å². The van der Waals surface area contributed by atoms with E-state index in [1.54, 1.807) is 0 Å². The summed E-state index contributed by atoms with van der Waals surface area (Å²) in [6.45, 7) is -0.250. The van der Waals surface area contributed by atoms with Gasteiger partial charge >= 0.3 is 0 Å². The maximum absolute atomic E-state index is 7.62. The van der Waals surface area contributed by atoms with Crippen LogP contribution in [-0.4, -0.2) is 23.4 Å². The number of hydrogen-bond donors (Lipinski definition) is 2. The Morgan fingerprint density at radius 3 is 0.733 bits per heavy atom. The molecule has 0 aliphatic rings. The summed E-state index contributed by atoms with van der Waals surface area (Å²) in [7, 11) is 1.55. The van der Waals surface area contributed by atoms with Crippen molar-refractivity contribution < 1.29 is 10.2 Å². The molecule has 4 rings (SSSR count). The molecule has 0 radical (unpaired) electrons. The van der Waals surface area contributed by atoms with Crippen molar-refractivity contribution in [3.8, 4) is 0 Å². The molecule has 4 aromatic carbocycles. The molecule has 0 atom stereocenters. The molecule has 0 aliphatic carbocycles. The highest BCUT2D eigenvalue weighted by atomic mass is 31.1. The van der Waals surface area contributed by atoms with Crippen LogP contribution in [0.2, 0.25) is 0 Å². The molecular weight excluding hydrogens is 406 g/mol. The highest BCUT2D eigenvalue weighted by Crippen LogP contribution is 2.09. The first-order chi connectivity index (χ1) is 14.8. The van der Waals surface area contributed by atoms with E-state index in [1.165, 1.54) is 21.2 Å². The normalized spacial score (nSPS) is 9.53. The predicted octanol–water partition coefficient (Wildman–Crippen LogP) is 3.60. The topological polar surface area (TPSA) is 40.5 Å². The van der Waals surface area contributed by atoms with Crippen molar-refractivity contribution in [3.05, 3.63) is 121 Å². The lowest BCUT2D eigenvalue weighted by molar-refractivity contribution is 0.186. The second-order valence-electron chi connectivity index (χ2n) is 6.16. The number of aliphatic hydroxyl groups excluding tert-OH is 2. The summed E-state index contributed by atoms with van der Waals surface area (Å²) in [5, 5.41) is 20.8. The van der Waals surface area contributed by atoms with Gasteiger partial charge in [0.2, 0.25) is 0 Å². The third-order valence-corrected chi connectivity index (χ3v) is 6.26. The minimum Gasteiger partial charge on any atom is -0.394 e. The molecule has 0 spiro atoms. The third kappa shape index (κ3) is 10.4. The molecular formula is C26H28O2P2. The average molecular weight is 434 g/mol. The second kappa shape index (κ2) is 15.5. The van der Waals surface area contributed by atoms with Crippen LogP contribution in [0.1, 0.15) is 0 Å². The second-order valence-corrected chi connectivity index (χ2v) is 8.97. The summed E-state index contributed by atoms with van der Waals surface area (Å²) in [5.41, 5.74) is 0. The van der Waals surface area contributed by atoms with Gasteiger partial charge in [-0.2, -0.15) is 0 Å². The van der Waals surface area contributed by atoms with Crippen LogP contribution in [-0.2, 0) is 0 Å². The summed E-state index contributed by atoms with van der Waals surface area (Å²) in [6, 6.07) is 42.3. The van der Waals surface area contributed by atoms with Crippen LogP contribution in [0.3, 0.4) is 0 Å². The van der Waals surface area contributed by atoms with E-state index < -0.39 is 0 Å². The Balaban J connectivity index is 0.000000182. The fraction of sp³-hybridized carbons (Fsp3) is 0.0769. The molecule has 0 saturated carbocycles.